The van der Waals surface area contributed by atoms with Crippen molar-refractivity contribution in [1.29, 1.82) is 0 Å². The second-order valence-corrected chi connectivity index (χ2v) is 7.49. The van der Waals surface area contributed by atoms with Crippen LogP contribution in [0.15, 0.2) is 0 Å². The van der Waals surface area contributed by atoms with Gasteiger partial charge in [0.25, 0.3) is 0 Å². The molecule has 0 amide bonds. The first-order chi connectivity index (χ1) is 8.84. The maximum Gasteiger partial charge on any atom is 0.0229 e. The highest BCUT2D eigenvalue weighted by atomic mass is 15.2. The van der Waals surface area contributed by atoms with Gasteiger partial charge in [0.1, 0.15) is 0 Å². The molecule has 0 aromatic carbocycles. The van der Waals surface area contributed by atoms with E-state index in [0.717, 1.165) is 18.5 Å². The lowest BCUT2D eigenvalue weighted by atomic mass is 9.76. The number of hydrogen-bond acceptors (Lipinski definition) is 3. The van der Waals surface area contributed by atoms with Crippen molar-refractivity contribution in [3.05, 3.63) is 0 Å². The fourth-order valence-electron chi connectivity index (χ4n) is 3.21. The maximum atomic E-state index is 5.76. The van der Waals surface area contributed by atoms with E-state index in [1.165, 1.54) is 45.3 Å². The first-order valence-corrected chi connectivity index (χ1v) is 7.93. The molecule has 3 heteroatoms. The van der Waals surface area contributed by atoms with E-state index >= 15 is 0 Å². The fraction of sp³-hybridized carbons (Fsp3) is 1.00. The molecule has 0 spiro atoms. The van der Waals surface area contributed by atoms with E-state index in [2.05, 4.69) is 44.7 Å². The number of likely N-dealkylation sites (tertiary alicyclic amines) is 1. The third kappa shape index (κ3) is 5.80. The van der Waals surface area contributed by atoms with E-state index in [-0.39, 0.29) is 0 Å². The zero-order valence-corrected chi connectivity index (χ0v) is 13.8. The van der Waals surface area contributed by atoms with Gasteiger partial charge in [0.05, 0.1) is 0 Å². The predicted octanol–water partition coefficient (Wildman–Crippen LogP) is 2.41. The largest absolute Gasteiger partial charge is 0.330 e. The van der Waals surface area contributed by atoms with Crippen LogP contribution >= 0.6 is 0 Å². The van der Waals surface area contributed by atoms with E-state index in [0.29, 0.717) is 5.41 Å². The third-order valence-electron chi connectivity index (χ3n) is 4.74. The Morgan fingerprint density at radius 3 is 2.42 bits per heavy atom. The molecule has 0 saturated carbocycles. The van der Waals surface area contributed by atoms with E-state index in [4.69, 9.17) is 5.73 Å². The van der Waals surface area contributed by atoms with Gasteiger partial charge in [-0.1, -0.05) is 20.8 Å². The normalized spacial score (nSPS) is 23.2. The van der Waals surface area contributed by atoms with Gasteiger partial charge in [-0.25, -0.2) is 0 Å². The summed E-state index contributed by atoms with van der Waals surface area (Å²) in [5, 5.41) is 0. The summed E-state index contributed by atoms with van der Waals surface area (Å²) in [5.41, 5.74) is 6.15. The monoisotopic (exact) mass is 269 g/mol. The first kappa shape index (κ1) is 16.9. The molecule has 1 rings (SSSR count). The lowest BCUT2D eigenvalue weighted by Crippen LogP contribution is -2.32. The van der Waals surface area contributed by atoms with Crippen LogP contribution < -0.4 is 5.73 Å². The van der Waals surface area contributed by atoms with Crippen LogP contribution in [0.25, 0.3) is 0 Å². The number of rotatable bonds is 7. The quantitative estimate of drug-likeness (QED) is 0.770. The van der Waals surface area contributed by atoms with Gasteiger partial charge in [-0.2, -0.15) is 0 Å². The Morgan fingerprint density at radius 1 is 1.26 bits per heavy atom. The van der Waals surface area contributed by atoms with Gasteiger partial charge in [-0.3, -0.25) is 0 Å². The van der Waals surface area contributed by atoms with Crippen LogP contribution in [0.1, 0.15) is 46.5 Å². The number of nitrogens with zero attached hydrogens (tertiary/aromatic N) is 2. The molecule has 0 radical (unpaired) electrons. The van der Waals surface area contributed by atoms with Crippen molar-refractivity contribution in [2.24, 2.45) is 17.1 Å². The van der Waals surface area contributed by atoms with Crippen LogP contribution in [0.5, 0.6) is 0 Å². The van der Waals surface area contributed by atoms with Crippen molar-refractivity contribution in [3.8, 4) is 0 Å². The van der Waals surface area contributed by atoms with Gasteiger partial charge in [0.2, 0.25) is 0 Å². The van der Waals surface area contributed by atoms with E-state index in [1.54, 1.807) is 0 Å². The smallest absolute Gasteiger partial charge is 0.0229 e. The van der Waals surface area contributed by atoms with E-state index in [1.807, 2.05) is 0 Å². The first-order valence-electron chi connectivity index (χ1n) is 7.93. The number of likely N-dealkylation sites (N-methyl/N-ethyl adjacent to an activating group) is 1. The van der Waals surface area contributed by atoms with Gasteiger partial charge >= 0.3 is 0 Å². The van der Waals surface area contributed by atoms with Crippen molar-refractivity contribution in [1.82, 2.24) is 9.80 Å². The molecule has 0 aliphatic carbocycles. The SMILES string of the molecule is CN(C)C1CCN(CCCC(CCN)C(C)(C)C)C1. The Kier molecular flexibility index (Phi) is 6.78. The van der Waals surface area contributed by atoms with Gasteiger partial charge in [0.15, 0.2) is 0 Å². The highest BCUT2D eigenvalue weighted by Crippen LogP contribution is 2.32. The molecule has 2 atom stereocenters. The molecule has 3 nitrogen and oxygen atoms in total. The molecule has 1 fully saturated rings. The summed E-state index contributed by atoms with van der Waals surface area (Å²) in [6, 6.07) is 0.766. The fourth-order valence-corrected chi connectivity index (χ4v) is 3.21. The lowest BCUT2D eigenvalue weighted by molar-refractivity contribution is 0.197. The zero-order chi connectivity index (χ0) is 14.5. The second kappa shape index (κ2) is 7.61. The summed E-state index contributed by atoms with van der Waals surface area (Å²) in [7, 11) is 4.40. The van der Waals surface area contributed by atoms with Crippen molar-refractivity contribution < 1.29 is 0 Å². The second-order valence-electron chi connectivity index (χ2n) is 7.49. The third-order valence-corrected chi connectivity index (χ3v) is 4.74. The van der Waals surface area contributed by atoms with Crippen LogP contribution in [0.4, 0.5) is 0 Å². The molecule has 0 aromatic heterocycles. The molecule has 0 bridgehead atoms. The minimum Gasteiger partial charge on any atom is -0.330 e. The summed E-state index contributed by atoms with van der Waals surface area (Å²) in [6.07, 6.45) is 5.15. The van der Waals surface area contributed by atoms with Gasteiger partial charge < -0.3 is 15.5 Å². The molecule has 114 valence electrons. The van der Waals surface area contributed by atoms with Crippen LogP contribution in [0.3, 0.4) is 0 Å². The highest BCUT2D eigenvalue weighted by Gasteiger charge is 2.26. The molecule has 1 aliphatic heterocycles. The Morgan fingerprint density at radius 2 is 1.95 bits per heavy atom. The summed E-state index contributed by atoms with van der Waals surface area (Å²) >= 11 is 0. The van der Waals surface area contributed by atoms with Crippen LogP contribution in [0.2, 0.25) is 0 Å². The minimum absolute atomic E-state index is 0.399. The Hall–Kier alpha value is -0.120. The average molecular weight is 269 g/mol. The average Bonchev–Trinajstić information content (AvgIpc) is 2.75. The van der Waals surface area contributed by atoms with Crippen LogP contribution in [0, 0.1) is 11.3 Å². The molecule has 1 saturated heterocycles. The molecule has 2 unspecified atom stereocenters. The molecule has 19 heavy (non-hydrogen) atoms. The van der Waals surface area contributed by atoms with Crippen molar-refractivity contribution in [2.45, 2.75) is 52.5 Å². The van der Waals surface area contributed by atoms with Gasteiger partial charge in [0, 0.05) is 12.6 Å². The molecular formula is C16H35N3. The topological polar surface area (TPSA) is 32.5 Å². The predicted molar refractivity (Wildman–Crippen MR) is 84.4 cm³/mol. The van der Waals surface area contributed by atoms with E-state index < -0.39 is 0 Å². The number of nitrogens with two attached hydrogens (primary N) is 1. The minimum atomic E-state index is 0.399. The standard InChI is InChI=1S/C16H35N3/c1-16(2,3)14(8-10-17)7-6-11-19-12-9-15(13-19)18(4)5/h14-15H,6-13,17H2,1-5H3. The number of hydrogen-bond donors (Lipinski definition) is 1. The van der Waals surface area contributed by atoms with E-state index in [9.17, 15) is 0 Å². The van der Waals surface area contributed by atoms with Crippen LogP contribution in [-0.2, 0) is 0 Å². The van der Waals surface area contributed by atoms with Crippen LogP contribution in [-0.4, -0.2) is 56.1 Å². The Labute approximate surface area is 120 Å². The van der Waals surface area contributed by atoms with Crippen molar-refractivity contribution in [2.75, 3.05) is 40.3 Å². The molecule has 1 aliphatic rings. The summed E-state index contributed by atoms with van der Waals surface area (Å²) in [4.78, 5) is 5.00. The molecule has 2 N–H and O–H groups in total. The van der Waals surface area contributed by atoms with Gasteiger partial charge in [-0.15, -0.1) is 0 Å². The summed E-state index contributed by atoms with van der Waals surface area (Å²) < 4.78 is 0. The summed E-state index contributed by atoms with van der Waals surface area (Å²) in [5.74, 6) is 0.768. The Bertz CT molecular complexity index is 245. The highest BCUT2D eigenvalue weighted by molar-refractivity contribution is 4.81. The maximum absolute atomic E-state index is 5.76. The molecule has 0 aromatic rings. The molecular weight excluding hydrogens is 234 g/mol. The zero-order valence-electron chi connectivity index (χ0n) is 13.8. The summed E-state index contributed by atoms with van der Waals surface area (Å²) in [6.45, 7) is 11.7. The molecule has 1 heterocycles. The lowest BCUT2D eigenvalue weighted by Gasteiger charge is -2.31. The van der Waals surface area contributed by atoms with Crippen molar-refractivity contribution in [3.63, 3.8) is 0 Å². The Balaban J connectivity index is 2.26. The van der Waals surface area contributed by atoms with Crippen molar-refractivity contribution >= 4 is 0 Å². The van der Waals surface area contributed by atoms with Gasteiger partial charge in [-0.05, 0) is 70.7 Å².